The Bertz CT molecular complexity index is 1180. The summed E-state index contributed by atoms with van der Waals surface area (Å²) >= 11 is 0. The van der Waals surface area contributed by atoms with Crippen molar-refractivity contribution in [3.05, 3.63) is 66.1 Å². The van der Waals surface area contributed by atoms with E-state index in [1.54, 1.807) is 31.5 Å². The topological polar surface area (TPSA) is 139 Å². The number of carboxylic acids is 1. The number of β-lactam (4-membered cyclic amide) rings is 1. The van der Waals surface area contributed by atoms with Gasteiger partial charge in [0.25, 0.3) is 0 Å². The van der Waals surface area contributed by atoms with Crippen LogP contribution in [0.25, 0.3) is 10.8 Å². The number of nitrogens with zero attached hydrogens (tertiary/aromatic N) is 3. The number of carbonyl (C=O) groups excluding carboxylic acids is 2. The Kier molecular flexibility index (Phi) is 5.24. The van der Waals surface area contributed by atoms with E-state index in [9.17, 15) is 19.5 Å². The minimum Gasteiger partial charge on any atom is -0.480 e. The molecule has 0 bridgehead atoms. The summed E-state index contributed by atoms with van der Waals surface area (Å²) in [7, 11) is 0. The Labute approximate surface area is 177 Å². The first-order valence-corrected chi connectivity index (χ1v) is 9.76. The van der Waals surface area contributed by atoms with Gasteiger partial charge in [0.05, 0.1) is 12.0 Å². The predicted octanol–water partition coefficient (Wildman–Crippen LogP) is 2.14. The van der Waals surface area contributed by atoms with Crippen molar-refractivity contribution < 1.29 is 19.5 Å². The van der Waals surface area contributed by atoms with Crippen LogP contribution < -0.4 is 11.1 Å². The molecular weight excluding hydrogens is 398 g/mol. The second kappa shape index (κ2) is 8.02. The first-order valence-electron chi connectivity index (χ1n) is 9.76. The summed E-state index contributed by atoms with van der Waals surface area (Å²) in [6, 6.07) is 8.34. The van der Waals surface area contributed by atoms with E-state index in [-0.39, 0.29) is 12.2 Å². The number of imide groups is 1. The highest BCUT2D eigenvalue weighted by Gasteiger charge is 2.54. The van der Waals surface area contributed by atoms with Crippen LogP contribution in [0.5, 0.6) is 0 Å². The molecule has 0 saturated carbocycles. The number of likely N-dealkylation sites (tertiary alicyclic amines) is 1. The number of nitrogens with one attached hydrogen (secondary N) is 1. The van der Waals surface area contributed by atoms with Gasteiger partial charge in [-0.25, -0.2) is 19.5 Å². The number of urea groups is 1. The minimum atomic E-state index is -1.25. The van der Waals surface area contributed by atoms with Gasteiger partial charge in [-0.3, -0.25) is 9.78 Å². The zero-order chi connectivity index (χ0) is 22.1. The van der Waals surface area contributed by atoms with Gasteiger partial charge < -0.3 is 16.2 Å². The summed E-state index contributed by atoms with van der Waals surface area (Å²) in [6.07, 6.45) is 5.05. The van der Waals surface area contributed by atoms with Crippen LogP contribution in [0.4, 0.5) is 10.6 Å². The Morgan fingerprint density at radius 1 is 1.26 bits per heavy atom. The second-order valence-corrected chi connectivity index (χ2v) is 7.51. The van der Waals surface area contributed by atoms with E-state index in [4.69, 9.17) is 5.73 Å². The smallest absolute Gasteiger partial charge is 0.327 e. The van der Waals surface area contributed by atoms with Crippen molar-refractivity contribution in [2.45, 2.75) is 25.4 Å². The molecule has 0 unspecified atom stereocenters. The number of carboxylic acid groups (broad SMARTS) is 1. The number of amides is 3. The zero-order valence-electron chi connectivity index (χ0n) is 16.7. The van der Waals surface area contributed by atoms with Crippen LogP contribution in [0.2, 0.25) is 0 Å². The Balaban J connectivity index is 1.51. The molecule has 1 aliphatic heterocycles. The van der Waals surface area contributed by atoms with Crippen LogP contribution in [0.3, 0.4) is 0 Å². The molecule has 3 aromatic rings. The van der Waals surface area contributed by atoms with Crippen LogP contribution in [-0.4, -0.2) is 43.9 Å². The molecule has 9 nitrogen and oxygen atoms in total. The number of hydrogen-bond donors (Lipinski definition) is 3. The van der Waals surface area contributed by atoms with Crippen molar-refractivity contribution in [3.63, 3.8) is 0 Å². The van der Waals surface area contributed by atoms with E-state index in [0.717, 1.165) is 21.2 Å². The van der Waals surface area contributed by atoms with E-state index in [1.807, 2.05) is 24.3 Å². The maximum Gasteiger partial charge on any atom is 0.327 e. The molecule has 9 heteroatoms. The summed E-state index contributed by atoms with van der Waals surface area (Å²) in [6.45, 7) is 1.77. The maximum absolute atomic E-state index is 12.8. The fourth-order valence-electron chi connectivity index (χ4n) is 3.98. The number of nitrogen functional groups attached to an aromatic ring is 1. The number of anilines is 1. The molecule has 2 aromatic heterocycles. The van der Waals surface area contributed by atoms with Crippen molar-refractivity contribution in [3.8, 4) is 0 Å². The normalized spacial score (nSPS) is 19.0. The first kappa shape index (κ1) is 20.3. The third-order valence-corrected chi connectivity index (χ3v) is 5.51. The van der Waals surface area contributed by atoms with Crippen molar-refractivity contribution in [1.82, 2.24) is 20.2 Å². The second-order valence-electron chi connectivity index (χ2n) is 7.51. The van der Waals surface area contributed by atoms with Gasteiger partial charge in [0.2, 0.25) is 5.91 Å². The number of nitrogens with two attached hydrogens (primary N) is 1. The number of carbonyl (C=O) groups is 3. The molecule has 1 aromatic carbocycles. The van der Waals surface area contributed by atoms with Gasteiger partial charge in [0.15, 0.2) is 6.04 Å². The summed E-state index contributed by atoms with van der Waals surface area (Å²) in [5, 5.41) is 14.2. The molecule has 1 aliphatic rings. The summed E-state index contributed by atoms with van der Waals surface area (Å²) in [5.74, 6) is -2.33. The number of fused-ring (bicyclic) bond motifs is 1. The van der Waals surface area contributed by atoms with E-state index < -0.39 is 35.9 Å². The number of aliphatic carboxylic acids is 1. The molecule has 3 heterocycles. The molecule has 4 N–H and O–H groups in total. The maximum atomic E-state index is 12.8. The van der Waals surface area contributed by atoms with E-state index >= 15 is 0 Å². The molecule has 158 valence electrons. The standard InChI is InChI=1S/C22H21N5O4/c1-12(15-4-2-3-14-6-7-24-11-17(14)15)26-22(31)27-19(21(29)30)16(20(27)28)9-13-5-8-25-18(23)10-13/h2-8,10-12,16,19H,9H2,1H3,(H2,23,25)(H,26,31)(H,29,30)/t12-,16-,19+/m1/s1. The Morgan fingerprint density at radius 2 is 2.06 bits per heavy atom. The van der Waals surface area contributed by atoms with Crippen LogP contribution in [0.1, 0.15) is 24.1 Å². The summed E-state index contributed by atoms with van der Waals surface area (Å²) < 4.78 is 0. The summed E-state index contributed by atoms with van der Waals surface area (Å²) in [4.78, 5) is 46.1. The molecule has 0 aliphatic carbocycles. The van der Waals surface area contributed by atoms with Crippen molar-refractivity contribution in [2.24, 2.45) is 5.92 Å². The third kappa shape index (κ3) is 3.77. The monoisotopic (exact) mass is 419 g/mol. The summed E-state index contributed by atoms with van der Waals surface area (Å²) in [5.41, 5.74) is 7.17. The fourth-order valence-corrected chi connectivity index (χ4v) is 3.98. The molecule has 1 fully saturated rings. The number of rotatable bonds is 5. The van der Waals surface area contributed by atoms with Gasteiger partial charge in [0.1, 0.15) is 5.82 Å². The largest absolute Gasteiger partial charge is 0.480 e. The lowest BCUT2D eigenvalue weighted by molar-refractivity contribution is -0.165. The first-order chi connectivity index (χ1) is 14.9. The van der Waals surface area contributed by atoms with E-state index in [0.29, 0.717) is 5.56 Å². The molecule has 3 atom stereocenters. The SMILES string of the molecule is C[C@@H](NC(=O)N1C(=O)[C@H](Cc2ccnc(N)c2)[C@H]1C(=O)O)c1cccc2ccncc12. The molecule has 3 amide bonds. The Morgan fingerprint density at radius 3 is 2.81 bits per heavy atom. The highest BCUT2D eigenvalue weighted by Crippen LogP contribution is 2.31. The van der Waals surface area contributed by atoms with Crippen LogP contribution in [0, 0.1) is 5.92 Å². The molecular formula is C22H21N5O4. The Hall–Kier alpha value is -4.01. The third-order valence-electron chi connectivity index (χ3n) is 5.51. The zero-order valence-corrected chi connectivity index (χ0v) is 16.7. The number of pyridine rings is 2. The average molecular weight is 419 g/mol. The quantitative estimate of drug-likeness (QED) is 0.539. The van der Waals surface area contributed by atoms with E-state index in [2.05, 4.69) is 15.3 Å². The average Bonchev–Trinajstić information content (AvgIpc) is 2.74. The highest BCUT2D eigenvalue weighted by atomic mass is 16.4. The van der Waals surface area contributed by atoms with Gasteiger partial charge >= 0.3 is 12.0 Å². The molecule has 0 radical (unpaired) electrons. The van der Waals surface area contributed by atoms with Crippen molar-refractivity contribution >= 4 is 34.5 Å². The predicted molar refractivity (Wildman–Crippen MR) is 113 cm³/mol. The van der Waals surface area contributed by atoms with Crippen molar-refractivity contribution in [2.75, 3.05) is 5.73 Å². The molecule has 0 spiro atoms. The fraction of sp³-hybridized carbons (Fsp3) is 0.227. The molecule has 1 saturated heterocycles. The van der Waals surface area contributed by atoms with Gasteiger partial charge in [-0.15, -0.1) is 0 Å². The molecule has 31 heavy (non-hydrogen) atoms. The van der Waals surface area contributed by atoms with Gasteiger partial charge in [0, 0.05) is 24.0 Å². The lowest BCUT2D eigenvalue weighted by atomic mass is 9.82. The minimum absolute atomic E-state index is 0.164. The highest BCUT2D eigenvalue weighted by molar-refractivity contribution is 6.07. The lowest BCUT2D eigenvalue weighted by Crippen LogP contribution is -2.68. The number of aromatic nitrogens is 2. The van der Waals surface area contributed by atoms with Crippen LogP contribution in [-0.2, 0) is 16.0 Å². The van der Waals surface area contributed by atoms with Gasteiger partial charge in [-0.2, -0.15) is 0 Å². The number of benzene rings is 1. The molecule has 4 rings (SSSR count). The van der Waals surface area contributed by atoms with E-state index in [1.165, 1.54) is 6.20 Å². The van der Waals surface area contributed by atoms with Gasteiger partial charge in [-0.05, 0) is 48.1 Å². The van der Waals surface area contributed by atoms with Crippen LogP contribution in [0.15, 0.2) is 55.0 Å². The van der Waals surface area contributed by atoms with Crippen LogP contribution >= 0.6 is 0 Å². The van der Waals surface area contributed by atoms with Gasteiger partial charge in [-0.1, -0.05) is 18.2 Å². The number of hydrogen-bond acceptors (Lipinski definition) is 6. The lowest BCUT2D eigenvalue weighted by Gasteiger charge is -2.43. The van der Waals surface area contributed by atoms with Crippen molar-refractivity contribution in [1.29, 1.82) is 0 Å².